The lowest BCUT2D eigenvalue weighted by atomic mass is 10.2. The predicted octanol–water partition coefficient (Wildman–Crippen LogP) is 1.77. The van der Waals surface area contributed by atoms with Gasteiger partial charge in [0, 0.05) is 32.7 Å². The van der Waals surface area contributed by atoms with Crippen LogP contribution in [0.4, 0.5) is 0 Å². The molecule has 1 saturated heterocycles. The quantitative estimate of drug-likeness (QED) is 0.409. The number of guanidine groups is 1. The van der Waals surface area contributed by atoms with E-state index in [1.807, 2.05) is 6.07 Å². The summed E-state index contributed by atoms with van der Waals surface area (Å²) < 4.78 is 0. The van der Waals surface area contributed by atoms with Gasteiger partial charge in [-0.1, -0.05) is 30.3 Å². The largest absolute Gasteiger partial charge is 0.391 e. The first-order valence-corrected chi connectivity index (χ1v) is 8.13. The van der Waals surface area contributed by atoms with Crippen molar-refractivity contribution < 1.29 is 5.11 Å². The summed E-state index contributed by atoms with van der Waals surface area (Å²) in [5, 5.41) is 13.0. The average molecular weight is 432 g/mol. The number of nitrogens with zero attached hydrogens (tertiary/aromatic N) is 3. The maximum atomic E-state index is 9.66. The molecule has 5 nitrogen and oxygen atoms in total. The van der Waals surface area contributed by atoms with Crippen LogP contribution in [0.3, 0.4) is 0 Å². The summed E-state index contributed by atoms with van der Waals surface area (Å²) in [5.41, 5.74) is 1.32. The van der Waals surface area contributed by atoms with Crippen molar-refractivity contribution in [2.24, 2.45) is 4.99 Å². The number of likely N-dealkylation sites (tertiary alicyclic amines) is 1. The van der Waals surface area contributed by atoms with Gasteiger partial charge in [-0.25, -0.2) is 0 Å². The van der Waals surface area contributed by atoms with Crippen molar-refractivity contribution in [3.05, 3.63) is 35.9 Å². The molecule has 0 unspecified atom stereocenters. The Morgan fingerprint density at radius 2 is 2.13 bits per heavy atom. The number of likely N-dealkylation sites (N-methyl/N-ethyl adjacent to an activating group) is 1. The molecule has 2 rings (SSSR count). The Hall–Kier alpha value is -0.860. The fourth-order valence-electron chi connectivity index (χ4n) is 2.66. The molecule has 1 fully saturated rings. The van der Waals surface area contributed by atoms with Crippen LogP contribution in [-0.4, -0.2) is 66.7 Å². The van der Waals surface area contributed by atoms with E-state index in [4.69, 9.17) is 4.99 Å². The first kappa shape index (κ1) is 20.2. The van der Waals surface area contributed by atoms with Crippen molar-refractivity contribution >= 4 is 29.9 Å². The first-order chi connectivity index (χ1) is 10.7. The van der Waals surface area contributed by atoms with Crippen LogP contribution in [-0.2, 0) is 6.54 Å². The van der Waals surface area contributed by atoms with Crippen molar-refractivity contribution in [3.63, 3.8) is 0 Å². The van der Waals surface area contributed by atoms with Crippen LogP contribution >= 0.6 is 24.0 Å². The Balaban J connectivity index is 0.00000264. The van der Waals surface area contributed by atoms with E-state index in [-0.39, 0.29) is 30.1 Å². The monoisotopic (exact) mass is 432 g/mol. The molecular formula is C17H29IN4O. The lowest BCUT2D eigenvalue weighted by Gasteiger charge is -2.21. The fourth-order valence-corrected chi connectivity index (χ4v) is 2.66. The molecule has 6 heteroatoms. The highest BCUT2D eigenvalue weighted by atomic mass is 127. The van der Waals surface area contributed by atoms with Crippen LogP contribution in [0.25, 0.3) is 0 Å². The first-order valence-electron chi connectivity index (χ1n) is 8.13. The van der Waals surface area contributed by atoms with Gasteiger partial charge in [-0.2, -0.15) is 0 Å². The van der Waals surface area contributed by atoms with E-state index in [0.717, 1.165) is 45.1 Å². The standard InChI is InChI=1S/C17H28N4O.HI/c1-3-18-17(21-11-9-16(22)14-21)19-10-12-20(2)13-15-7-5-4-6-8-15;/h4-8,16,22H,3,9-14H2,1-2H3,(H,18,19);1H/t16-;/m1./s1. The van der Waals surface area contributed by atoms with Crippen molar-refractivity contribution in [1.29, 1.82) is 0 Å². The molecule has 1 atom stereocenters. The molecule has 1 aromatic rings. The molecule has 0 bridgehead atoms. The zero-order valence-electron chi connectivity index (χ0n) is 14.1. The summed E-state index contributed by atoms with van der Waals surface area (Å²) in [6.07, 6.45) is 0.614. The minimum Gasteiger partial charge on any atom is -0.391 e. The molecule has 1 aliphatic rings. The van der Waals surface area contributed by atoms with Gasteiger partial charge >= 0.3 is 0 Å². The highest BCUT2D eigenvalue weighted by molar-refractivity contribution is 14.0. The van der Waals surface area contributed by atoms with Crippen molar-refractivity contribution in [1.82, 2.24) is 15.1 Å². The predicted molar refractivity (Wildman–Crippen MR) is 106 cm³/mol. The third-order valence-corrected chi connectivity index (χ3v) is 3.84. The SMILES string of the molecule is CCNC(=NCCN(C)Cc1ccccc1)N1CC[C@@H](O)C1.I. The van der Waals surface area contributed by atoms with Gasteiger partial charge in [-0.15, -0.1) is 24.0 Å². The molecule has 1 aromatic carbocycles. The normalized spacial score (nSPS) is 18.2. The number of benzene rings is 1. The number of aliphatic hydroxyl groups is 1. The Labute approximate surface area is 156 Å². The van der Waals surface area contributed by atoms with Crippen LogP contribution in [0, 0.1) is 0 Å². The second-order valence-electron chi connectivity index (χ2n) is 5.85. The highest BCUT2D eigenvalue weighted by Gasteiger charge is 2.22. The van der Waals surface area contributed by atoms with Gasteiger partial charge in [-0.05, 0) is 26.0 Å². The third-order valence-electron chi connectivity index (χ3n) is 3.84. The molecule has 1 heterocycles. The second kappa shape index (κ2) is 10.8. The van der Waals surface area contributed by atoms with Crippen molar-refractivity contribution in [3.8, 4) is 0 Å². The van der Waals surface area contributed by atoms with Gasteiger partial charge in [0.2, 0.25) is 0 Å². The number of β-amino-alcohol motifs (C(OH)–C–C–N with tert-alkyl or cyclic N) is 1. The molecule has 23 heavy (non-hydrogen) atoms. The topological polar surface area (TPSA) is 51.1 Å². The summed E-state index contributed by atoms with van der Waals surface area (Å²) in [6, 6.07) is 10.5. The molecule has 0 amide bonds. The van der Waals surface area contributed by atoms with E-state index in [1.165, 1.54) is 5.56 Å². The van der Waals surface area contributed by atoms with Gasteiger partial charge in [-0.3, -0.25) is 4.99 Å². The highest BCUT2D eigenvalue weighted by Crippen LogP contribution is 2.08. The van der Waals surface area contributed by atoms with Gasteiger partial charge in [0.25, 0.3) is 0 Å². The third kappa shape index (κ3) is 7.05. The van der Waals surface area contributed by atoms with E-state index in [2.05, 4.69) is 53.4 Å². The van der Waals surface area contributed by atoms with Crippen LogP contribution in [0.1, 0.15) is 18.9 Å². The zero-order chi connectivity index (χ0) is 15.8. The van der Waals surface area contributed by atoms with Gasteiger partial charge in [0.05, 0.1) is 12.6 Å². The summed E-state index contributed by atoms with van der Waals surface area (Å²) in [7, 11) is 2.12. The molecule has 0 aromatic heterocycles. The summed E-state index contributed by atoms with van der Waals surface area (Å²) in [6.45, 7) is 7.11. The summed E-state index contributed by atoms with van der Waals surface area (Å²) in [4.78, 5) is 9.11. The minimum absolute atomic E-state index is 0. The lowest BCUT2D eigenvalue weighted by Crippen LogP contribution is -2.41. The van der Waals surface area contributed by atoms with E-state index in [0.29, 0.717) is 6.54 Å². The molecule has 0 saturated carbocycles. The van der Waals surface area contributed by atoms with Gasteiger partial charge in [0.1, 0.15) is 0 Å². The summed E-state index contributed by atoms with van der Waals surface area (Å²) in [5.74, 6) is 0.923. The number of halogens is 1. The number of nitrogens with one attached hydrogen (secondary N) is 1. The minimum atomic E-state index is -0.218. The number of rotatable bonds is 6. The van der Waals surface area contributed by atoms with Gasteiger partial charge < -0.3 is 20.2 Å². The number of hydrogen-bond acceptors (Lipinski definition) is 3. The smallest absolute Gasteiger partial charge is 0.194 e. The van der Waals surface area contributed by atoms with Crippen LogP contribution in [0.5, 0.6) is 0 Å². The second-order valence-corrected chi connectivity index (χ2v) is 5.85. The van der Waals surface area contributed by atoms with Crippen LogP contribution in [0.15, 0.2) is 35.3 Å². The zero-order valence-corrected chi connectivity index (χ0v) is 16.4. The summed E-state index contributed by atoms with van der Waals surface area (Å²) >= 11 is 0. The number of hydrogen-bond donors (Lipinski definition) is 2. The molecule has 0 spiro atoms. The lowest BCUT2D eigenvalue weighted by molar-refractivity contribution is 0.187. The van der Waals surface area contributed by atoms with Crippen LogP contribution in [0.2, 0.25) is 0 Å². The van der Waals surface area contributed by atoms with Gasteiger partial charge in [0.15, 0.2) is 5.96 Å². The molecule has 1 aliphatic heterocycles. The fraction of sp³-hybridized carbons (Fsp3) is 0.588. The maximum absolute atomic E-state index is 9.66. The van der Waals surface area contributed by atoms with Crippen LogP contribution < -0.4 is 5.32 Å². The average Bonchev–Trinajstić information content (AvgIpc) is 2.94. The Bertz CT molecular complexity index is 469. The Kier molecular flexibility index (Phi) is 9.50. The van der Waals surface area contributed by atoms with E-state index in [9.17, 15) is 5.11 Å². The Morgan fingerprint density at radius 1 is 1.39 bits per heavy atom. The van der Waals surface area contributed by atoms with E-state index in [1.54, 1.807) is 0 Å². The number of aliphatic imine (C=N–C) groups is 1. The molecule has 2 N–H and O–H groups in total. The van der Waals surface area contributed by atoms with Crippen molar-refractivity contribution in [2.75, 3.05) is 39.8 Å². The molecule has 130 valence electrons. The van der Waals surface area contributed by atoms with E-state index >= 15 is 0 Å². The maximum Gasteiger partial charge on any atom is 0.194 e. The number of aliphatic hydroxyl groups excluding tert-OH is 1. The van der Waals surface area contributed by atoms with E-state index < -0.39 is 0 Å². The molecule has 0 aliphatic carbocycles. The Morgan fingerprint density at radius 3 is 2.74 bits per heavy atom. The van der Waals surface area contributed by atoms with Crippen molar-refractivity contribution in [2.45, 2.75) is 26.0 Å². The molecular weight excluding hydrogens is 403 g/mol. The molecule has 0 radical (unpaired) electrons.